The van der Waals surface area contributed by atoms with Crippen LogP contribution in [0.1, 0.15) is 25.8 Å². The van der Waals surface area contributed by atoms with Gasteiger partial charge in [0.15, 0.2) is 0 Å². The second-order valence-electron chi connectivity index (χ2n) is 4.33. The molecule has 2 atom stereocenters. The summed E-state index contributed by atoms with van der Waals surface area (Å²) in [5.41, 5.74) is 3.76. The number of hydrogen-bond acceptors (Lipinski definition) is 3. The van der Waals surface area contributed by atoms with E-state index in [0.29, 0.717) is 9.72 Å². The molecule has 0 heterocycles. The van der Waals surface area contributed by atoms with E-state index in [-0.39, 0.29) is 11.9 Å². The fourth-order valence-corrected chi connectivity index (χ4v) is 2.97. The Kier molecular flexibility index (Phi) is 7.22. The van der Waals surface area contributed by atoms with Gasteiger partial charge in [-0.15, -0.1) is 0 Å². The number of halogens is 2. The van der Waals surface area contributed by atoms with E-state index in [9.17, 15) is 4.39 Å². The Morgan fingerprint density at radius 1 is 1.50 bits per heavy atom. The standard InChI is InChI=1S/C13H20BrFN2S/c1-3-9(2)18-8-11(17-16)7-10-5-4-6-12(15)13(10)14/h4-6,9,11,17H,3,7-8,16H2,1-2H3. The third-order valence-corrected chi connectivity index (χ3v) is 5.28. The van der Waals surface area contributed by atoms with Gasteiger partial charge < -0.3 is 0 Å². The highest BCUT2D eigenvalue weighted by Gasteiger charge is 2.13. The van der Waals surface area contributed by atoms with Gasteiger partial charge in [0, 0.05) is 17.0 Å². The lowest BCUT2D eigenvalue weighted by Crippen LogP contribution is -2.39. The summed E-state index contributed by atoms with van der Waals surface area (Å²) >= 11 is 5.17. The predicted molar refractivity (Wildman–Crippen MR) is 81.1 cm³/mol. The smallest absolute Gasteiger partial charge is 0.137 e. The Morgan fingerprint density at radius 2 is 2.22 bits per heavy atom. The Hall–Kier alpha value is -0.100. The SMILES string of the molecule is CCC(C)SCC(Cc1cccc(F)c1Br)NN. The lowest BCUT2D eigenvalue weighted by atomic mass is 10.1. The second-order valence-corrected chi connectivity index (χ2v) is 6.60. The van der Waals surface area contributed by atoms with E-state index in [1.807, 2.05) is 17.8 Å². The van der Waals surface area contributed by atoms with Gasteiger partial charge >= 0.3 is 0 Å². The molecular weight excluding hydrogens is 315 g/mol. The van der Waals surface area contributed by atoms with Crippen molar-refractivity contribution < 1.29 is 4.39 Å². The molecule has 5 heteroatoms. The molecule has 0 aliphatic rings. The van der Waals surface area contributed by atoms with E-state index in [1.165, 1.54) is 6.07 Å². The quantitative estimate of drug-likeness (QED) is 0.592. The van der Waals surface area contributed by atoms with Crippen molar-refractivity contribution in [3.8, 4) is 0 Å². The molecule has 0 aliphatic heterocycles. The van der Waals surface area contributed by atoms with E-state index in [4.69, 9.17) is 5.84 Å². The largest absolute Gasteiger partial charge is 0.271 e. The minimum absolute atomic E-state index is 0.155. The van der Waals surface area contributed by atoms with E-state index in [0.717, 1.165) is 24.2 Å². The van der Waals surface area contributed by atoms with E-state index in [1.54, 1.807) is 6.07 Å². The van der Waals surface area contributed by atoms with Crippen LogP contribution in [0.15, 0.2) is 22.7 Å². The fraction of sp³-hybridized carbons (Fsp3) is 0.538. The number of thioether (sulfide) groups is 1. The highest BCUT2D eigenvalue weighted by Crippen LogP contribution is 2.23. The van der Waals surface area contributed by atoms with Crippen LogP contribution in [0.5, 0.6) is 0 Å². The maximum absolute atomic E-state index is 13.4. The molecule has 1 aromatic rings. The normalized spacial score (nSPS) is 14.5. The molecule has 102 valence electrons. The van der Waals surface area contributed by atoms with Crippen LogP contribution in [0.4, 0.5) is 4.39 Å². The minimum atomic E-state index is -0.224. The predicted octanol–water partition coefficient (Wildman–Crippen LogP) is 3.49. The summed E-state index contributed by atoms with van der Waals surface area (Å²) in [4.78, 5) is 0. The van der Waals surface area contributed by atoms with Crippen molar-refractivity contribution in [1.82, 2.24) is 5.43 Å². The fourth-order valence-electron chi connectivity index (χ4n) is 1.54. The first-order chi connectivity index (χ1) is 8.58. The van der Waals surface area contributed by atoms with E-state index in [2.05, 4.69) is 35.2 Å². The molecule has 1 rings (SSSR count). The minimum Gasteiger partial charge on any atom is -0.271 e. The van der Waals surface area contributed by atoms with Crippen molar-refractivity contribution >= 4 is 27.7 Å². The summed E-state index contributed by atoms with van der Waals surface area (Å²) in [5, 5.41) is 0.622. The Labute approximate surface area is 121 Å². The Morgan fingerprint density at radius 3 is 2.83 bits per heavy atom. The van der Waals surface area contributed by atoms with Gasteiger partial charge in [-0.05, 0) is 40.4 Å². The highest BCUT2D eigenvalue weighted by atomic mass is 79.9. The van der Waals surface area contributed by atoms with Gasteiger partial charge in [-0.3, -0.25) is 11.3 Å². The maximum atomic E-state index is 13.4. The lowest BCUT2D eigenvalue weighted by Gasteiger charge is -2.18. The molecular formula is C13H20BrFN2S. The molecule has 0 fully saturated rings. The summed E-state index contributed by atoms with van der Waals surface area (Å²) in [6.07, 6.45) is 1.86. The zero-order chi connectivity index (χ0) is 13.5. The van der Waals surface area contributed by atoms with Gasteiger partial charge in [-0.25, -0.2) is 4.39 Å². The van der Waals surface area contributed by atoms with Crippen LogP contribution in [0.25, 0.3) is 0 Å². The molecule has 0 saturated carbocycles. The van der Waals surface area contributed by atoms with Gasteiger partial charge in [0.1, 0.15) is 5.82 Å². The van der Waals surface area contributed by atoms with Crippen LogP contribution in [-0.4, -0.2) is 17.0 Å². The molecule has 0 amide bonds. The molecule has 0 aromatic heterocycles. The van der Waals surface area contributed by atoms with Crippen LogP contribution in [-0.2, 0) is 6.42 Å². The lowest BCUT2D eigenvalue weighted by molar-refractivity contribution is 0.567. The first-order valence-electron chi connectivity index (χ1n) is 6.09. The summed E-state index contributed by atoms with van der Waals surface area (Å²) in [5.74, 6) is 6.26. The van der Waals surface area contributed by atoms with Crippen molar-refractivity contribution in [3.63, 3.8) is 0 Å². The third-order valence-electron chi connectivity index (χ3n) is 2.89. The zero-order valence-corrected chi connectivity index (χ0v) is 13.2. The Balaban J connectivity index is 2.59. The number of hydrazine groups is 1. The van der Waals surface area contributed by atoms with Crippen LogP contribution in [0.3, 0.4) is 0 Å². The maximum Gasteiger partial charge on any atom is 0.137 e. The van der Waals surface area contributed by atoms with Gasteiger partial charge in [0.05, 0.1) is 4.47 Å². The van der Waals surface area contributed by atoms with Crippen molar-refractivity contribution in [2.24, 2.45) is 5.84 Å². The number of nitrogens with one attached hydrogen (secondary N) is 1. The summed E-state index contributed by atoms with van der Waals surface area (Å²) in [6.45, 7) is 4.38. The van der Waals surface area contributed by atoms with Crippen LogP contribution in [0.2, 0.25) is 0 Å². The van der Waals surface area contributed by atoms with Crippen molar-refractivity contribution in [2.75, 3.05) is 5.75 Å². The van der Waals surface area contributed by atoms with Crippen molar-refractivity contribution in [3.05, 3.63) is 34.1 Å². The first-order valence-corrected chi connectivity index (χ1v) is 7.93. The molecule has 0 radical (unpaired) electrons. The van der Waals surface area contributed by atoms with Crippen molar-refractivity contribution in [2.45, 2.75) is 38.0 Å². The number of nitrogens with two attached hydrogens (primary N) is 1. The Bertz CT molecular complexity index is 376. The van der Waals surface area contributed by atoms with Gasteiger partial charge in [-0.1, -0.05) is 26.0 Å². The van der Waals surface area contributed by atoms with Crippen LogP contribution < -0.4 is 11.3 Å². The molecule has 2 unspecified atom stereocenters. The average Bonchev–Trinajstić information content (AvgIpc) is 2.38. The van der Waals surface area contributed by atoms with Gasteiger partial charge in [0.25, 0.3) is 0 Å². The third kappa shape index (κ3) is 4.88. The molecule has 18 heavy (non-hydrogen) atoms. The van der Waals surface area contributed by atoms with Gasteiger partial charge in [-0.2, -0.15) is 11.8 Å². The molecule has 2 nitrogen and oxygen atoms in total. The summed E-state index contributed by atoms with van der Waals surface area (Å²) in [6, 6.07) is 5.25. The average molecular weight is 335 g/mol. The summed E-state index contributed by atoms with van der Waals surface area (Å²) in [7, 11) is 0. The van der Waals surface area contributed by atoms with Crippen LogP contribution >= 0.6 is 27.7 Å². The number of hydrogen-bond donors (Lipinski definition) is 2. The topological polar surface area (TPSA) is 38.0 Å². The molecule has 0 saturated heterocycles. The monoisotopic (exact) mass is 334 g/mol. The molecule has 0 spiro atoms. The molecule has 0 aliphatic carbocycles. The molecule has 3 N–H and O–H groups in total. The molecule has 0 bridgehead atoms. The van der Waals surface area contributed by atoms with Gasteiger partial charge in [0.2, 0.25) is 0 Å². The second kappa shape index (κ2) is 8.15. The van der Waals surface area contributed by atoms with E-state index >= 15 is 0 Å². The summed E-state index contributed by atoms with van der Waals surface area (Å²) < 4.78 is 13.9. The van der Waals surface area contributed by atoms with E-state index < -0.39 is 0 Å². The van der Waals surface area contributed by atoms with Crippen LogP contribution in [0, 0.1) is 5.82 Å². The first kappa shape index (κ1) is 16.0. The highest BCUT2D eigenvalue weighted by molar-refractivity contribution is 9.10. The van der Waals surface area contributed by atoms with Crippen molar-refractivity contribution in [1.29, 1.82) is 0 Å². The molecule has 1 aromatic carbocycles. The zero-order valence-electron chi connectivity index (χ0n) is 10.7. The number of benzene rings is 1. The number of rotatable bonds is 7.